The first-order valence-electron chi connectivity index (χ1n) is 18.4. The van der Waals surface area contributed by atoms with Gasteiger partial charge in [0.1, 0.15) is 36.4 Å². The van der Waals surface area contributed by atoms with Gasteiger partial charge in [0.2, 0.25) is 23.6 Å². The molecule has 2 fully saturated rings. The minimum absolute atomic E-state index is 0.0276. The summed E-state index contributed by atoms with van der Waals surface area (Å²) in [5.74, 6) is -5.06. The molecule has 0 aromatic heterocycles. The normalized spacial score (nSPS) is 19.7. The SMILES string of the molecule is CC(C)[C@H](NC(=O)CC1NC(=O)NC1=O)C(=O)N[C@@H](Cc1ccccc1)[C@@H](O)[C@H](O)[C@H](Cc1ccccc1)NC(=O)[C@@H](NC(=O)CC1NC(=O)NC1=O)C(C)C. The molecule has 302 valence electrons. The lowest BCUT2D eigenvalue weighted by molar-refractivity contribution is -0.133. The average molecular weight is 779 g/mol. The summed E-state index contributed by atoms with van der Waals surface area (Å²) < 4.78 is 0. The van der Waals surface area contributed by atoms with Crippen molar-refractivity contribution >= 4 is 47.5 Å². The van der Waals surface area contributed by atoms with Crippen LogP contribution in [0.5, 0.6) is 0 Å². The second kappa shape index (κ2) is 19.6. The Labute approximate surface area is 323 Å². The lowest BCUT2D eigenvalue weighted by atomic mass is 9.90. The number of carbonyl (C=O) groups excluding carboxylic acids is 8. The van der Waals surface area contributed by atoms with Crippen molar-refractivity contribution in [2.45, 2.75) is 102 Å². The smallest absolute Gasteiger partial charge is 0.322 e. The van der Waals surface area contributed by atoms with E-state index in [2.05, 4.69) is 31.9 Å². The monoisotopic (exact) mass is 778 g/mol. The van der Waals surface area contributed by atoms with Gasteiger partial charge in [-0.3, -0.25) is 39.4 Å². The molecule has 56 heavy (non-hydrogen) atoms. The van der Waals surface area contributed by atoms with Crippen molar-refractivity contribution in [1.82, 2.24) is 42.5 Å². The maximum Gasteiger partial charge on any atom is 0.322 e. The molecule has 2 heterocycles. The minimum Gasteiger partial charge on any atom is -0.388 e. The van der Waals surface area contributed by atoms with Crippen LogP contribution in [0.4, 0.5) is 9.59 Å². The standard InChI is InChI=1S/C38H50N8O10/c1-19(2)29(43-27(47)17-25-33(51)45-37(55)41-25)35(53)39-23(15-21-11-7-5-8-12-21)31(49)32(50)24(16-22-13-9-6-10-14-22)40-36(54)30(20(3)4)44-28(48)18-26-34(52)46-38(56)42-26/h5-14,19-20,23-26,29-32,49-50H,15-18H2,1-4H3,(H,39,53)(H,40,54)(H,43,47)(H,44,48)(H2,41,45,51,55)(H2,42,46,52,56)/t23-,24-,25?,26?,29-,30-,31+,32+/m0/s1. The zero-order valence-corrected chi connectivity index (χ0v) is 31.5. The van der Waals surface area contributed by atoms with Gasteiger partial charge in [0, 0.05) is 0 Å². The summed E-state index contributed by atoms with van der Waals surface area (Å²) in [6.45, 7) is 6.72. The molecule has 2 unspecified atom stereocenters. The van der Waals surface area contributed by atoms with Crippen LogP contribution in [0.25, 0.3) is 0 Å². The Morgan fingerprint density at radius 3 is 1.20 bits per heavy atom. The number of imide groups is 2. The molecule has 0 bridgehead atoms. The number of amides is 10. The zero-order valence-electron chi connectivity index (χ0n) is 31.5. The van der Waals surface area contributed by atoms with Gasteiger partial charge in [0.05, 0.1) is 24.9 Å². The van der Waals surface area contributed by atoms with Gasteiger partial charge < -0.3 is 42.1 Å². The summed E-state index contributed by atoms with van der Waals surface area (Å²) in [6, 6.07) is 9.35. The molecule has 10 N–H and O–H groups in total. The first kappa shape index (κ1) is 42.9. The minimum atomic E-state index is -1.70. The Morgan fingerprint density at radius 2 is 0.911 bits per heavy atom. The summed E-state index contributed by atoms with van der Waals surface area (Å²) in [5, 5.41) is 43.2. The third kappa shape index (κ3) is 12.1. The predicted octanol–water partition coefficient (Wildman–Crippen LogP) is -1.36. The number of hydrogen-bond donors (Lipinski definition) is 10. The fourth-order valence-corrected chi connectivity index (χ4v) is 6.38. The zero-order chi connectivity index (χ0) is 41.1. The van der Waals surface area contributed by atoms with Gasteiger partial charge >= 0.3 is 12.1 Å². The molecule has 2 aliphatic rings. The molecule has 2 aliphatic heterocycles. The highest BCUT2D eigenvalue weighted by atomic mass is 16.3. The van der Waals surface area contributed by atoms with Crippen molar-refractivity contribution in [3.8, 4) is 0 Å². The van der Waals surface area contributed by atoms with Gasteiger partial charge in [-0.1, -0.05) is 88.4 Å². The molecular formula is C38H50N8O10. The second-order valence-corrected chi connectivity index (χ2v) is 14.6. The van der Waals surface area contributed by atoms with Gasteiger partial charge in [-0.15, -0.1) is 0 Å². The number of hydrogen-bond acceptors (Lipinski definition) is 10. The Kier molecular flexibility index (Phi) is 15.0. The number of aliphatic hydroxyl groups is 2. The van der Waals surface area contributed by atoms with E-state index in [1.807, 2.05) is 10.6 Å². The van der Waals surface area contributed by atoms with Crippen LogP contribution in [0, 0.1) is 11.8 Å². The van der Waals surface area contributed by atoms with Crippen LogP contribution in [0.2, 0.25) is 0 Å². The number of benzene rings is 2. The fourth-order valence-electron chi connectivity index (χ4n) is 6.38. The van der Waals surface area contributed by atoms with Gasteiger partial charge in [-0.25, -0.2) is 9.59 Å². The summed E-state index contributed by atoms with van der Waals surface area (Å²) >= 11 is 0. The largest absolute Gasteiger partial charge is 0.388 e. The lowest BCUT2D eigenvalue weighted by Crippen LogP contribution is -2.61. The number of urea groups is 2. The van der Waals surface area contributed by atoms with Crippen LogP contribution in [0.3, 0.4) is 0 Å². The summed E-state index contributed by atoms with van der Waals surface area (Å²) in [6.07, 6.45) is -4.20. The lowest BCUT2D eigenvalue weighted by Gasteiger charge is -2.35. The van der Waals surface area contributed by atoms with E-state index in [0.717, 1.165) is 0 Å². The van der Waals surface area contributed by atoms with Crippen LogP contribution in [-0.4, -0.2) is 106 Å². The van der Waals surface area contributed by atoms with E-state index in [1.165, 1.54) is 0 Å². The first-order chi connectivity index (χ1) is 26.5. The third-order valence-electron chi connectivity index (χ3n) is 9.45. The van der Waals surface area contributed by atoms with Crippen LogP contribution < -0.4 is 42.5 Å². The van der Waals surface area contributed by atoms with E-state index in [0.29, 0.717) is 11.1 Å². The van der Waals surface area contributed by atoms with E-state index in [9.17, 15) is 48.6 Å². The molecule has 0 radical (unpaired) electrons. The van der Waals surface area contributed by atoms with Crippen LogP contribution in [-0.2, 0) is 41.6 Å². The van der Waals surface area contributed by atoms with E-state index in [4.69, 9.17) is 0 Å². The molecule has 0 spiro atoms. The van der Waals surface area contributed by atoms with Crippen molar-refractivity contribution in [3.05, 3.63) is 71.8 Å². The molecule has 0 aliphatic carbocycles. The molecule has 10 amide bonds. The molecule has 2 aromatic rings. The molecule has 2 aromatic carbocycles. The third-order valence-corrected chi connectivity index (χ3v) is 9.45. The maximum absolute atomic E-state index is 13.8. The van der Waals surface area contributed by atoms with Crippen LogP contribution in [0.1, 0.15) is 51.7 Å². The van der Waals surface area contributed by atoms with Gasteiger partial charge in [-0.2, -0.15) is 0 Å². The Balaban J connectivity index is 1.55. The van der Waals surface area contributed by atoms with E-state index < -0.39 is 121 Å². The molecule has 18 nitrogen and oxygen atoms in total. The maximum atomic E-state index is 13.8. The van der Waals surface area contributed by atoms with Crippen molar-refractivity contribution in [2.24, 2.45) is 11.8 Å². The first-order valence-corrected chi connectivity index (χ1v) is 18.4. The predicted molar refractivity (Wildman–Crippen MR) is 200 cm³/mol. The van der Waals surface area contributed by atoms with Crippen LogP contribution >= 0.6 is 0 Å². The Hall–Kier alpha value is -5.88. The molecule has 8 atom stereocenters. The molecule has 18 heteroatoms. The molecule has 4 rings (SSSR count). The quantitative estimate of drug-likeness (QED) is 0.0749. The summed E-state index contributed by atoms with van der Waals surface area (Å²) in [5.41, 5.74) is 1.38. The summed E-state index contributed by atoms with van der Waals surface area (Å²) in [7, 11) is 0. The Morgan fingerprint density at radius 1 is 0.571 bits per heavy atom. The molecular weight excluding hydrogens is 728 g/mol. The second-order valence-electron chi connectivity index (χ2n) is 14.6. The van der Waals surface area contributed by atoms with E-state index in [-0.39, 0.29) is 12.8 Å². The summed E-state index contributed by atoms with van der Waals surface area (Å²) in [4.78, 5) is 101. The molecule has 0 saturated carbocycles. The van der Waals surface area contributed by atoms with Gasteiger partial charge in [-0.05, 0) is 35.8 Å². The van der Waals surface area contributed by atoms with Crippen molar-refractivity contribution < 1.29 is 48.6 Å². The van der Waals surface area contributed by atoms with Crippen molar-refractivity contribution in [2.75, 3.05) is 0 Å². The van der Waals surface area contributed by atoms with Gasteiger partial charge in [0.25, 0.3) is 11.8 Å². The van der Waals surface area contributed by atoms with Crippen molar-refractivity contribution in [3.63, 3.8) is 0 Å². The number of aliphatic hydroxyl groups excluding tert-OH is 2. The van der Waals surface area contributed by atoms with Gasteiger partial charge in [0.15, 0.2) is 0 Å². The highest BCUT2D eigenvalue weighted by Gasteiger charge is 2.39. The fraction of sp³-hybridized carbons (Fsp3) is 0.474. The number of rotatable bonds is 19. The highest BCUT2D eigenvalue weighted by molar-refractivity contribution is 6.06. The van der Waals surface area contributed by atoms with E-state index >= 15 is 0 Å². The molecule has 2 saturated heterocycles. The average Bonchev–Trinajstić information content (AvgIpc) is 3.64. The number of nitrogens with one attached hydrogen (secondary N) is 8. The number of carbonyl (C=O) groups is 8. The Bertz CT molecular complexity index is 1630. The topological polar surface area (TPSA) is 273 Å². The van der Waals surface area contributed by atoms with E-state index in [1.54, 1.807) is 88.4 Å². The van der Waals surface area contributed by atoms with Crippen molar-refractivity contribution in [1.29, 1.82) is 0 Å². The van der Waals surface area contributed by atoms with Crippen LogP contribution in [0.15, 0.2) is 60.7 Å². The highest BCUT2D eigenvalue weighted by Crippen LogP contribution is 2.17.